The van der Waals surface area contributed by atoms with Gasteiger partial charge in [-0.25, -0.2) is 0 Å². The van der Waals surface area contributed by atoms with Gasteiger partial charge >= 0.3 is 0 Å². The zero-order valence-electron chi connectivity index (χ0n) is 14.8. The smallest absolute Gasteiger partial charge is 0.0721 e. The van der Waals surface area contributed by atoms with Gasteiger partial charge in [0.1, 0.15) is 0 Å². The summed E-state index contributed by atoms with van der Waals surface area (Å²) in [7, 11) is 0. The van der Waals surface area contributed by atoms with Gasteiger partial charge in [-0.1, -0.05) is 86.0 Å². The topological polar surface area (TPSA) is 0 Å². The van der Waals surface area contributed by atoms with Gasteiger partial charge in [0.15, 0.2) is 0 Å². The van der Waals surface area contributed by atoms with E-state index in [4.69, 9.17) is 0 Å². The monoisotopic (exact) mass is 322 g/mol. The van der Waals surface area contributed by atoms with Crippen LogP contribution < -0.4 is 0 Å². The summed E-state index contributed by atoms with van der Waals surface area (Å²) in [5.74, 6) is 0. The van der Waals surface area contributed by atoms with Gasteiger partial charge < -0.3 is 0 Å². The molecular weight excluding hydrogens is 300 g/mol. The number of rotatable bonds is 2. The Morgan fingerprint density at radius 1 is 0.920 bits per heavy atom. The van der Waals surface area contributed by atoms with E-state index in [1.165, 1.54) is 39.0 Å². The highest BCUT2D eigenvalue weighted by Crippen LogP contribution is 2.62. The number of fused-ring (bicyclic) bond motifs is 4. The molecule has 25 heavy (non-hydrogen) atoms. The largest absolute Gasteiger partial charge is 0.0991 e. The molecule has 1 spiro atoms. The van der Waals surface area contributed by atoms with Crippen molar-refractivity contribution in [2.75, 3.05) is 0 Å². The molecule has 0 heteroatoms. The molecule has 0 heterocycles. The highest BCUT2D eigenvalue weighted by Gasteiger charge is 2.52. The summed E-state index contributed by atoms with van der Waals surface area (Å²) in [5, 5.41) is 0. The van der Waals surface area contributed by atoms with Crippen LogP contribution in [0.15, 0.2) is 97.1 Å². The standard InChI is InChI=1S/C25H22/c1-5-11-21-17(3)19-13-7-9-15-23(19)25(21)22(12-6-2)18(4)20-14-8-10-16-24(20)25/h5-16H,1,3H2,2,4H3/b12-6-,21-11+. The van der Waals surface area contributed by atoms with Crippen molar-refractivity contribution < 1.29 is 0 Å². The molecule has 122 valence electrons. The zero-order chi connectivity index (χ0) is 17.6. The van der Waals surface area contributed by atoms with Crippen molar-refractivity contribution in [2.45, 2.75) is 19.3 Å². The molecule has 1 atom stereocenters. The number of hydrogen-bond acceptors (Lipinski definition) is 0. The molecule has 2 aliphatic rings. The second-order valence-corrected chi connectivity index (χ2v) is 6.67. The van der Waals surface area contributed by atoms with Crippen LogP contribution in [0.5, 0.6) is 0 Å². The molecule has 0 aliphatic heterocycles. The Hall–Kier alpha value is -2.86. The summed E-state index contributed by atoms with van der Waals surface area (Å²) in [4.78, 5) is 0. The minimum absolute atomic E-state index is 0.283. The second-order valence-electron chi connectivity index (χ2n) is 6.67. The van der Waals surface area contributed by atoms with E-state index in [2.05, 4.69) is 93.8 Å². The van der Waals surface area contributed by atoms with Crippen molar-refractivity contribution in [1.29, 1.82) is 0 Å². The Kier molecular flexibility index (Phi) is 3.51. The van der Waals surface area contributed by atoms with Crippen molar-refractivity contribution in [3.8, 4) is 0 Å². The fourth-order valence-corrected chi connectivity index (χ4v) is 4.64. The molecule has 0 radical (unpaired) electrons. The van der Waals surface area contributed by atoms with Gasteiger partial charge in [-0.15, -0.1) is 0 Å². The lowest BCUT2D eigenvalue weighted by Crippen LogP contribution is -2.26. The first-order chi connectivity index (χ1) is 12.2. The Bertz CT molecular complexity index is 994. The maximum absolute atomic E-state index is 4.44. The van der Waals surface area contributed by atoms with E-state index in [-0.39, 0.29) is 5.41 Å². The van der Waals surface area contributed by atoms with Crippen LogP contribution in [-0.2, 0) is 5.41 Å². The fourth-order valence-electron chi connectivity index (χ4n) is 4.64. The van der Waals surface area contributed by atoms with Crippen molar-refractivity contribution >= 4 is 11.1 Å². The minimum atomic E-state index is -0.283. The molecule has 0 fully saturated rings. The van der Waals surface area contributed by atoms with E-state index in [0.29, 0.717) is 0 Å². The SMILES string of the molecule is C=C/C=C1\C(=C)c2ccccc2C12C(/C=C\C)=C(C)c1ccccc12. The van der Waals surface area contributed by atoms with Gasteiger partial charge in [0.2, 0.25) is 0 Å². The van der Waals surface area contributed by atoms with E-state index in [9.17, 15) is 0 Å². The third kappa shape index (κ3) is 1.83. The molecule has 0 bridgehead atoms. The van der Waals surface area contributed by atoms with Crippen LogP contribution in [0.3, 0.4) is 0 Å². The van der Waals surface area contributed by atoms with Gasteiger partial charge in [0.25, 0.3) is 0 Å². The maximum Gasteiger partial charge on any atom is 0.0721 e. The average molecular weight is 322 g/mol. The molecule has 2 aliphatic carbocycles. The molecule has 0 nitrogen and oxygen atoms in total. The fraction of sp³-hybridized carbons (Fsp3) is 0.120. The highest BCUT2D eigenvalue weighted by molar-refractivity contribution is 5.99. The molecule has 2 aromatic rings. The Labute approximate surface area is 150 Å². The first-order valence-corrected chi connectivity index (χ1v) is 8.74. The molecule has 0 N–H and O–H groups in total. The quantitative estimate of drug-likeness (QED) is 0.594. The Morgan fingerprint density at radius 3 is 2.16 bits per heavy atom. The normalized spacial score (nSPS) is 23.0. The maximum atomic E-state index is 4.44. The average Bonchev–Trinajstić information content (AvgIpc) is 3.03. The van der Waals surface area contributed by atoms with E-state index in [1.807, 2.05) is 6.08 Å². The summed E-state index contributed by atoms with van der Waals surface area (Å²) < 4.78 is 0. The van der Waals surface area contributed by atoms with Gasteiger partial charge in [-0.3, -0.25) is 0 Å². The zero-order valence-corrected chi connectivity index (χ0v) is 14.8. The lowest BCUT2D eigenvalue weighted by Gasteiger charge is -2.32. The number of allylic oxidation sites excluding steroid dienone is 8. The van der Waals surface area contributed by atoms with Crippen LogP contribution in [0.2, 0.25) is 0 Å². The molecule has 0 saturated heterocycles. The van der Waals surface area contributed by atoms with Gasteiger partial charge in [0.05, 0.1) is 5.41 Å². The van der Waals surface area contributed by atoms with E-state index >= 15 is 0 Å². The summed E-state index contributed by atoms with van der Waals surface area (Å²) in [6.07, 6.45) is 8.43. The predicted molar refractivity (Wildman–Crippen MR) is 108 cm³/mol. The van der Waals surface area contributed by atoms with Crippen molar-refractivity contribution in [3.63, 3.8) is 0 Å². The Balaban J connectivity index is 2.22. The highest BCUT2D eigenvalue weighted by atomic mass is 14.5. The van der Waals surface area contributed by atoms with E-state index in [1.54, 1.807) is 0 Å². The van der Waals surface area contributed by atoms with E-state index < -0.39 is 0 Å². The minimum Gasteiger partial charge on any atom is -0.0991 e. The number of benzene rings is 2. The Morgan fingerprint density at radius 2 is 1.52 bits per heavy atom. The first kappa shape index (κ1) is 15.7. The van der Waals surface area contributed by atoms with Crippen LogP contribution in [0.1, 0.15) is 36.1 Å². The second kappa shape index (κ2) is 5.60. The molecule has 4 rings (SSSR count). The van der Waals surface area contributed by atoms with Crippen molar-refractivity contribution in [1.82, 2.24) is 0 Å². The van der Waals surface area contributed by atoms with Gasteiger partial charge in [-0.2, -0.15) is 0 Å². The van der Waals surface area contributed by atoms with Crippen LogP contribution >= 0.6 is 0 Å². The summed E-state index contributed by atoms with van der Waals surface area (Å²) >= 11 is 0. The van der Waals surface area contributed by atoms with Crippen molar-refractivity contribution in [3.05, 3.63) is 119 Å². The van der Waals surface area contributed by atoms with Crippen LogP contribution in [0, 0.1) is 0 Å². The lowest BCUT2D eigenvalue weighted by atomic mass is 9.69. The van der Waals surface area contributed by atoms with E-state index in [0.717, 1.165) is 5.57 Å². The van der Waals surface area contributed by atoms with Crippen LogP contribution in [0.4, 0.5) is 0 Å². The molecule has 1 unspecified atom stereocenters. The molecule has 2 aromatic carbocycles. The summed E-state index contributed by atoms with van der Waals surface area (Å²) in [6.45, 7) is 12.7. The van der Waals surface area contributed by atoms with Crippen LogP contribution in [0.25, 0.3) is 11.1 Å². The molecule has 0 amide bonds. The predicted octanol–water partition coefficient (Wildman–Crippen LogP) is 6.48. The number of hydrogen-bond donors (Lipinski definition) is 0. The van der Waals surface area contributed by atoms with Crippen molar-refractivity contribution in [2.24, 2.45) is 0 Å². The molecular formula is C25H22. The summed E-state index contributed by atoms with van der Waals surface area (Å²) in [5.41, 5.74) is 9.98. The van der Waals surface area contributed by atoms with Gasteiger partial charge in [-0.05, 0) is 58.4 Å². The van der Waals surface area contributed by atoms with Crippen LogP contribution in [-0.4, -0.2) is 0 Å². The summed E-state index contributed by atoms with van der Waals surface area (Å²) in [6, 6.07) is 17.4. The van der Waals surface area contributed by atoms with Gasteiger partial charge in [0, 0.05) is 0 Å². The molecule has 0 aromatic heterocycles. The lowest BCUT2D eigenvalue weighted by molar-refractivity contribution is 0.786. The third-order valence-electron chi connectivity index (χ3n) is 5.55. The third-order valence-corrected chi connectivity index (χ3v) is 5.55. The first-order valence-electron chi connectivity index (χ1n) is 8.74. The molecule has 0 saturated carbocycles.